The summed E-state index contributed by atoms with van der Waals surface area (Å²) in [6.45, 7) is 6.33. The molecule has 1 aliphatic carbocycles. The zero-order chi connectivity index (χ0) is 9.97. The molecule has 0 aromatic rings. The second-order valence-corrected chi connectivity index (χ2v) is 5.20. The summed E-state index contributed by atoms with van der Waals surface area (Å²) in [6.07, 6.45) is 5.75. The van der Waals surface area contributed by atoms with Crippen LogP contribution in [0.1, 0.15) is 32.6 Å². The predicted octanol–water partition coefficient (Wildman–Crippen LogP) is 1.72. The molecule has 0 radical (unpaired) electrons. The van der Waals surface area contributed by atoms with Crippen LogP contribution >= 0.6 is 0 Å². The van der Waals surface area contributed by atoms with Crippen LogP contribution in [0.15, 0.2) is 0 Å². The highest BCUT2D eigenvalue weighted by molar-refractivity contribution is 4.91. The van der Waals surface area contributed by atoms with Crippen molar-refractivity contribution in [3.8, 4) is 0 Å². The van der Waals surface area contributed by atoms with E-state index in [2.05, 4.69) is 24.2 Å². The molecule has 1 saturated heterocycles. The van der Waals surface area contributed by atoms with Crippen LogP contribution in [0.3, 0.4) is 0 Å². The van der Waals surface area contributed by atoms with Crippen molar-refractivity contribution in [3.05, 3.63) is 0 Å². The normalized spacial score (nSPS) is 39.4. The number of nitrogens with zero attached hydrogens (tertiary/aromatic N) is 1. The SMILES string of the molecule is CNCC1CCC1N1CCCC(C)C1. The van der Waals surface area contributed by atoms with E-state index in [4.69, 9.17) is 0 Å². The van der Waals surface area contributed by atoms with Gasteiger partial charge in [-0.3, -0.25) is 4.90 Å². The highest BCUT2D eigenvalue weighted by Gasteiger charge is 2.36. The van der Waals surface area contributed by atoms with Crippen molar-refractivity contribution in [2.75, 3.05) is 26.7 Å². The van der Waals surface area contributed by atoms with Crippen molar-refractivity contribution in [1.82, 2.24) is 10.2 Å². The Kier molecular flexibility index (Phi) is 3.45. The lowest BCUT2D eigenvalue weighted by Gasteiger charge is -2.47. The van der Waals surface area contributed by atoms with Gasteiger partial charge in [0.05, 0.1) is 0 Å². The Morgan fingerprint density at radius 3 is 2.71 bits per heavy atom. The Balaban J connectivity index is 1.82. The molecular weight excluding hydrogens is 172 g/mol. The molecule has 2 nitrogen and oxygen atoms in total. The third-order valence-corrected chi connectivity index (χ3v) is 4.00. The molecule has 2 heteroatoms. The molecular formula is C12H24N2. The van der Waals surface area contributed by atoms with Crippen LogP contribution in [0.2, 0.25) is 0 Å². The molecule has 0 bridgehead atoms. The zero-order valence-corrected chi connectivity index (χ0v) is 9.63. The summed E-state index contributed by atoms with van der Waals surface area (Å²) in [5, 5.41) is 3.32. The molecule has 0 aromatic carbocycles. The van der Waals surface area contributed by atoms with Crippen molar-refractivity contribution < 1.29 is 0 Å². The first kappa shape index (κ1) is 10.4. The third-order valence-electron chi connectivity index (χ3n) is 4.00. The minimum absolute atomic E-state index is 0.908. The standard InChI is InChI=1S/C12H24N2/c1-10-4-3-7-14(9-10)12-6-5-11(12)8-13-2/h10-13H,3-9H2,1-2H3. The maximum absolute atomic E-state index is 3.32. The van der Waals surface area contributed by atoms with Crippen molar-refractivity contribution in [3.63, 3.8) is 0 Å². The van der Waals surface area contributed by atoms with Gasteiger partial charge in [-0.1, -0.05) is 6.92 Å². The molecule has 1 aliphatic heterocycles. The third kappa shape index (κ3) is 2.12. The lowest BCUT2D eigenvalue weighted by Crippen LogP contribution is -2.53. The Bertz CT molecular complexity index is 181. The van der Waals surface area contributed by atoms with Crippen molar-refractivity contribution in [2.24, 2.45) is 11.8 Å². The van der Waals surface area contributed by atoms with E-state index in [0.717, 1.165) is 17.9 Å². The summed E-state index contributed by atoms with van der Waals surface area (Å²) in [4.78, 5) is 2.75. The highest BCUT2D eigenvalue weighted by atomic mass is 15.2. The van der Waals surface area contributed by atoms with Crippen molar-refractivity contribution >= 4 is 0 Å². The molecule has 0 amide bonds. The molecule has 1 N–H and O–H groups in total. The minimum atomic E-state index is 0.908. The van der Waals surface area contributed by atoms with E-state index >= 15 is 0 Å². The van der Waals surface area contributed by atoms with Crippen LogP contribution in [-0.4, -0.2) is 37.6 Å². The van der Waals surface area contributed by atoms with Crippen LogP contribution in [0, 0.1) is 11.8 Å². The summed E-state index contributed by atoms with van der Waals surface area (Å²) >= 11 is 0. The fraction of sp³-hybridized carbons (Fsp3) is 1.00. The maximum atomic E-state index is 3.32. The van der Waals surface area contributed by atoms with E-state index in [1.807, 2.05) is 0 Å². The predicted molar refractivity (Wildman–Crippen MR) is 60.4 cm³/mol. The number of piperidine rings is 1. The summed E-state index contributed by atoms with van der Waals surface area (Å²) in [5.74, 6) is 1.87. The van der Waals surface area contributed by atoms with Crippen LogP contribution < -0.4 is 5.32 Å². The van der Waals surface area contributed by atoms with Crippen molar-refractivity contribution in [2.45, 2.75) is 38.6 Å². The molecule has 0 aromatic heterocycles. The Labute approximate surface area is 88.1 Å². The molecule has 2 fully saturated rings. The van der Waals surface area contributed by atoms with E-state index in [1.165, 1.54) is 45.3 Å². The second kappa shape index (κ2) is 4.63. The van der Waals surface area contributed by atoms with Gasteiger partial charge in [-0.15, -0.1) is 0 Å². The molecule has 82 valence electrons. The van der Waals surface area contributed by atoms with Gasteiger partial charge in [0, 0.05) is 12.6 Å². The van der Waals surface area contributed by atoms with Gasteiger partial charge in [0.15, 0.2) is 0 Å². The number of hydrogen-bond acceptors (Lipinski definition) is 2. The van der Waals surface area contributed by atoms with Gasteiger partial charge in [0.25, 0.3) is 0 Å². The van der Waals surface area contributed by atoms with Gasteiger partial charge in [0.2, 0.25) is 0 Å². The summed E-state index contributed by atoms with van der Waals surface area (Å²) in [6, 6.07) is 0.908. The molecule has 2 rings (SSSR count). The quantitative estimate of drug-likeness (QED) is 0.739. The van der Waals surface area contributed by atoms with E-state index in [9.17, 15) is 0 Å². The molecule has 3 unspecified atom stereocenters. The smallest absolute Gasteiger partial charge is 0.0136 e. The van der Waals surface area contributed by atoms with E-state index in [-0.39, 0.29) is 0 Å². The first-order chi connectivity index (χ1) is 6.81. The first-order valence-corrected chi connectivity index (χ1v) is 6.20. The van der Waals surface area contributed by atoms with Gasteiger partial charge in [-0.05, 0) is 57.7 Å². The van der Waals surface area contributed by atoms with Crippen LogP contribution in [0.25, 0.3) is 0 Å². The Morgan fingerprint density at radius 2 is 2.14 bits per heavy atom. The van der Waals surface area contributed by atoms with Crippen molar-refractivity contribution in [1.29, 1.82) is 0 Å². The fourth-order valence-corrected chi connectivity index (χ4v) is 3.06. The van der Waals surface area contributed by atoms with Crippen LogP contribution in [-0.2, 0) is 0 Å². The largest absolute Gasteiger partial charge is 0.319 e. The highest BCUT2D eigenvalue weighted by Crippen LogP contribution is 2.34. The minimum Gasteiger partial charge on any atom is -0.319 e. The Morgan fingerprint density at radius 1 is 1.29 bits per heavy atom. The molecule has 2 aliphatic rings. The van der Waals surface area contributed by atoms with Crippen LogP contribution in [0.4, 0.5) is 0 Å². The topological polar surface area (TPSA) is 15.3 Å². The number of likely N-dealkylation sites (tertiary alicyclic amines) is 1. The van der Waals surface area contributed by atoms with E-state index < -0.39 is 0 Å². The van der Waals surface area contributed by atoms with Gasteiger partial charge in [-0.2, -0.15) is 0 Å². The molecule has 14 heavy (non-hydrogen) atoms. The number of rotatable bonds is 3. The second-order valence-electron chi connectivity index (χ2n) is 5.20. The van der Waals surface area contributed by atoms with Gasteiger partial charge >= 0.3 is 0 Å². The van der Waals surface area contributed by atoms with E-state index in [0.29, 0.717) is 0 Å². The summed E-state index contributed by atoms with van der Waals surface area (Å²) in [5.41, 5.74) is 0. The van der Waals surface area contributed by atoms with Gasteiger partial charge < -0.3 is 5.32 Å². The van der Waals surface area contributed by atoms with Crippen LogP contribution in [0.5, 0.6) is 0 Å². The summed E-state index contributed by atoms with van der Waals surface area (Å²) < 4.78 is 0. The van der Waals surface area contributed by atoms with Gasteiger partial charge in [-0.25, -0.2) is 0 Å². The average Bonchev–Trinajstić information content (AvgIpc) is 2.12. The fourth-order valence-electron chi connectivity index (χ4n) is 3.06. The molecule has 1 heterocycles. The monoisotopic (exact) mass is 196 g/mol. The average molecular weight is 196 g/mol. The Hall–Kier alpha value is -0.0800. The lowest BCUT2D eigenvalue weighted by molar-refractivity contribution is 0.0324. The maximum Gasteiger partial charge on any atom is 0.0136 e. The molecule has 0 spiro atoms. The summed E-state index contributed by atoms with van der Waals surface area (Å²) in [7, 11) is 2.08. The van der Waals surface area contributed by atoms with E-state index in [1.54, 1.807) is 0 Å². The molecule has 1 saturated carbocycles. The zero-order valence-electron chi connectivity index (χ0n) is 9.63. The molecule has 3 atom stereocenters. The first-order valence-electron chi connectivity index (χ1n) is 6.20. The number of nitrogens with one attached hydrogen (secondary N) is 1. The van der Waals surface area contributed by atoms with Gasteiger partial charge in [0.1, 0.15) is 0 Å². The number of hydrogen-bond donors (Lipinski definition) is 1. The lowest BCUT2D eigenvalue weighted by atomic mass is 9.77.